The summed E-state index contributed by atoms with van der Waals surface area (Å²) in [5.41, 5.74) is 10.4. The molecule has 2 aliphatic rings. The number of amides is 1. The van der Waals surface area contributed by atoms with Crippen molar-refractivity contribution in [2.45, 2.75) is 18.9 Å². The highest BCUT2D eigenvalue weighted by Gasteiger charge is 2.29. The highest BCUT2D eigenvalue weighted by Crippen LogP contribution is 2.28. The molecule has 0 bridgehead atoms. The van der Waals surface area contributed by atoms with E-state index >= 15 is 0 Å². The summed E-state index contributed by atoms with van der Waals surface area (Å²) >= 11 is 0. The van der Waals surface area contributed by atoms with Crippen molar-refractivity contribution in [2.24, 2.45) is 33.3 Å². The molecule has 0 aromatic rings. The molecule has 1 amide bonds. The quantitative estimate of drug-likeness (QED) is 0.505. The number of carbonyl (C=O) groups is 1. The molecule has 3 atom stereocenters. The molecule has 4 N–H and O–H groups in total. The van der Waals surface area contributed by atoms with Crippen LogP contribution in [0.1, 0.15) is 12.8 Å². The van der Waals surface area contributed by atoms with Crippen molar-refractivity contribution in [3.63, 3.8) is 0 Å². The fourth-order valence-corrected chi connectivity index (χ4v) is 2.18. The SMILES string of the molecule is NC(N)=NC(=O)C1C=NC2C=CC=CCC2C1. The molecule has 0 saturated carbocycles. The summed E-state index contributed by atoms with van der Waals surface area (Å²) in [7, 11) is 0. The Labute approximate surface area is 100.0 Å². The van der Waals surface area contributed by atoms with Gasteiger partial charge in [0.15, 0.2) is 5.96 Å². The molecule has 5 nitrogen and oxygen atoms in total. The van der Waals surface area contributed by atoms with Gasteiger partial charge in [0.1, 0.15) is 0 Å². The molecule has 2 rings (SSSR count). The minimum atomic E-state index is -0.301. The van der Waals surface area contributed by atoms with Crippen LogP contribution in [0.15, 0.2) is 34.3 Å². The number of carbonyl (C=O) groups excluding carboxylic acids is 1. The Morgan fingerprint density at radius 3 is 2.94 bits per heavy atom. The molecule has 1 aliphatic carbocycles. The molecule has 0 saturated heterocycles. The Balaban J connectivity index is 2.10. The molecular weight excluding hydrogens is 216 g/mol. The van der Waals surface area contributed by atoms with Crippen molar-refractivity contribution in [3.8, 4) is 0 Å². The van der Waals surface area contributed by atoms with Crippen LogP contribution in [-0.4, -0.2) is 24.1 Å². The van der Waals surface area contributed by atoms with Crippen molar-refractivity contribution in [1.82, 2.24) is 0 Å². The average Bonchev–Trinajstić information content (AvgIpc) is 2.51. The van der Waals surface area contributed by atoms with Crippen molar-refractivity contribution < 1.29 is 4.79 Å². The molecule has 0 radical (unpaired) electrons. The summed E-state index contributed by atoms with van der Waals surface area (Å²) in [5, 5.41) is 0. The normalized spacial score (nSPS) is 30.5. The summed E-state index contributed by atoms with van der Waals surface area (Å²) in [6, 6.07) is 0.174. The molecule has 90 valence electrons. The largest absolute Gasteiger partial charge is 0.370 e. The van der Waals surface area contributed by atoms with E-state index in [2.05, 4.69) is 22.1 Å². The van der Waals surface area contributed by atoms with E-state index in [1.807, 2.05) is 12.2 Å². The van der Waals surface area contributed by atoms with Crippen molar-refractivity contribution in [2.75, 3.05) is 0 Å². The Bertz CT molecular complexity index is 418. The first-order valence-electron chi connectivity index (χ1n) is 5.67. The highest BCUT2D eigenvalue weighted by molar-refractivity contribution is 6.00. The first kappa shape index (κ1) is 11.6. The molecule has 1 heterocycles. The Morgan fingerprint density at radius 2 is 2.18 bits per heavy atom. The first-order valence-corrected chi connectivity index (χ1v) is 5.67. The van der Waals surface area contributed by atoms with Crippen LogP contribution in [0.4, 0.5) is 0 Å². The summed E-state index contributed by atoms with van der Waals surface area (Å²) < 4.78 is 0. The number of fused-ring (bicyclic) bond motifs is 1. The topological polar surface area (TPSA) is 93.8 Å². The molecule has 5 heteroatoms. The monoisotopic (exact) mass is 232 g/mol. The van der Waals surface area contributed by atoms with Crippen molar-refractivity contribution >= 4 is 18.1 Å². The fraction of sp³-hybridized carbons (Fsp3) is 0.417. The number of hydrogen-bond donors (Lipinski definition) is 2. The first-order chi connectivity index (χ1) is 8.16. The maximum Gasteiger partial charge on any atom is 0.257 e. The van der Waals surface area contributed by atoms with Gasteiger partial charge in [0.25, 0.3) is 5.91 Å². The van der Waals surface area contributed by atoms with Crippen LogP contribution in [-0.2, 0) is 4.79 Å². The molecule has 0 aromatic carbocycles. The van der Waals surface area contributed by atoms with Crippen LogP contribution in [0, 0.1) is 11.8 Å². The van der Waals surface area contributed by atoms with Gasteiger partial charge in [-0.3, -0.25) is 9.79 Å². The van der Waals surface area contributed by atoms with E-state index in [-0.39, 0.29) is 23.8 Å². The number of rotatable bonds is 1. The number of hydrogen-bond acceptors (Lipinski definition) is 2. The van der Waals surface area contributed by atoms with E-state index in [0.29, 0.717) is 5.92 Å². The van der Waals surface area contributed by atoms with Gasteiger partial charge in [0.2, 0.25) is 0 Å². The lowest BCUT2D eigenvalue weighted by molar-refractivity contribution is -0.120. The summed E-state index contributed by atoms with van der Waals surface area (Å²) in [6.07, 6.45) is 11.5. The van der Waals surface area contributed by atoms with Crippen LogP contribution in [0.25, 0.3) is 0 Å². The maximum atomic E-state index is 11.7. The molecule has 1 aliphatic heterocycles. The minimum Gasteiger partial charge on any atom is -0.370 e. The Kier molecular flexibility index (Phi) is 3.37. The maximum absolute atomic E-state index is 11.7. The molecule has 0 spiro atoms. The van der Waals surface area contributed by atoms with Crippen molar-refractivity contribution in [3.05, 3.63) is 24.3 Å². The van der Waals surface area contributed by atoms with Crippen LogP contribution < -0.4 is 11.5 Å². The second kappa shape index (κ2) is 4.95. The molecular formula is C12H16N4O. The summed E-state index contributed by atoms with van der Waals surface area (Å²) in [5.74, 6) is -0.424. The zero-order valence-corrected chi connectivity index (χ0v) is 9.49. The number of allylic oxidation sites excluding steroid dienone is 3. The second-order valence-electron chi connectivity index (χ2n) is 4.31. The van der Waals surface area contributed by atoms with Crippen LogP contribution in [0.5, 0.6) is 0 Å². The van der Waals surface area contributed by atoms with Gasteiger partial charge in [-0.1, -0.05) is 24.3 Å². The predicted molar refractivity (Wildman–Crippen MR) is 67.6 cm³/mol. The van der Waals surface area contributed by atoms with Gasteiger partial charge >= 0.3 is 0 Å². The third-order valence-corrected chi connectivity index (χ3v) is 3.03. The van der Waals surface area contributed by atoms with E-state index in [0.717, 1.165) is 12.8 Å². The molecule has 0 fully saturated rings. The smallest absolute Gasteiger partial charge is 0.257 e. The Hall–Kier alpha value is -1.91. The third-order valence-electron chi connectivity index (χ3n) is 3.03. The van der Waals surface area contributed by atoms with E-state index in [1.54, 1.807) is 6.21 Å². The lowest BCUT2D eigenvalue weighted by Crippen LogP contribution is -2.31. The van der Waals surface area contributed by atoms with E-state index in [4.69, 9.17) is 11.5 Å². The van der Waals surface area contributed by atoms with Crippen LogP contribution >= 0.6 is 0 Å². The zero-order valence-electron chi connectivity index (χ0n) is 9.49. The molecule has 17 heavy (non-hydrogen) atoms. The zero-order chi connectivity index (χ0) is 12.3. The second-order valence-corrected chi connectivity index (χ2v) is 4.31. The van der Waals surface area contributed by atoms with E-state index < -0.39 is 0 Å². The number of aliphatic imine (C=N–C) groups is 2. The van der Waals surface area contributed by atoms with E-state index in [1.165, 1.54) is 0 Å². The predicted octanol–water partition coefficient (Wildman–Crippen LogP) is 0.378. The number of nitrogens with zero attached hydrogens (tertiary/aromatic N) is 2. The van der Waals surface area contributed by atoms with Crippen molar-refractivity contribution in [1.29, 1.82) is 0 Å². The van der Waals surface area contributed by atoms with Gasteiger partial charge in [-0.05, 0) is 18.8 Å². The van der Waals surface area contributed by atoms with E-state index in [9.17, 15) is 4.79 Å². The van der Waals surface area contributed by atoms with Crippen LogP contribution in [0.3, 0.4) is 0 Å². The Morgan fingerprint density at radius 1 is 1.35 bits per heavy atom. The lowest BCUT2D eigenvalue weighted by Gasteiger charge is -2.26. The number of nitrogens with two attached hydrogens (primary N) is 2. The van der Waals surface area contributed by atoms with Gasteiger partial charge < -0.3 is 11.5 Å². The molecule has 0 aromatic heterocycles. The number of guanidine groups is 1. The summed E-state index contributed by atoms with van der Waals surface area (Å²) in [6.45, 7) is 0. The molecule has 3 unspecified atom stereocenters. The summed E-state index contributed by atoms with van der Waals surface area (Å²) in [4.78, 5) is 19.7. The van der Waals surface area contributed by atoms with Gasteiger partial charge in [-0.2, -0.15) is 4.99 Å². The fourth-order valence-electron chi connectivity index (χ4n) is 2.18. The lowest BCUT2D eigenvalue weighted by atomic mass is 9.84. The highest BCUT2D eigenvalue weighted by atomic mass is 16.1. The van der Waals surface area contributed by atoms with Gasteiger partial charge in [-0.15, -0.1) is 0 Å². The average molecular weight is 232 g/mol. The third kappa shape index (κ3) is 2.81. The minimum absolute atomic E-state index is 0.174. The van der Waals surface area contributed by atoms with Gasteiger partial charge in [0, 0.05) is 6.21 Å². The standard InChI is InChI=1S/C12H16N4O/c13-12(14)16-11(17)9-6-8-4-2-1-3-5-10(8)15-7-9/h1-3,5,7-10H,4,6H2,(H4,13,14,16,17). The van der Waals surface area contributed by atoms with Crippen LogP contribution in [0.2, 0.25) is 0 Å². The van der Waals surface area contributed by atoms with Gasteiger partial charge in [-0.25, -0.2) is 0 Å². The van der Waals surface area contributed by atoms with Gasteiger partial charge in [0.05, 0.1) is 12.0 Å².